The molecule has 0 aliphatic rings. The molecule has 5 N–H and O–H groups in total. The van der Waals surface area contributed by atoms with E-state index >= 15 is 0 Å². The molecule has 0 heterocycles. The second-order valence-corrected chi connectivity index (χ2v) is 1.94. The molecule has 7 heteroatoms. The minimum Gasteiger partial charge on any atom is -0.389 e. The molecule has 0 aromatic carbocycles. The van der Waals surface area contributed by atoms with E-state index in [1.54, 1.807) is 0 Å². The molecular weight excluding hydrogens is 208 g/mol. The summed E-state index contributed by atoms with van der Waals surface area (Å²) in [6, 6.07) is 0. The van der Waals surface area contributed by atoms with E-state index in [0.29, 0.717) is 0 Å². The molecule has 1 unspecified atom stereocenters. The molecule has 0 saturated heterocycles. The number of carbonyl (C=O) groups excluding carboxylic acids is 2. The van der Waals surface area contributed by atoms with Gasteiger partial charge in [-0.3, -0.25) is 0 Å². The molecule has 0 aromatic rings. The van der Waals surface area contributed by atoms with Crippen molar-refractivity contribution in [1.29, 1.82) is 0 Å². The molecule has 0 amide bonds. The van der Waals surface area contributed by atoms with Gasteiger partial charge in [0.05, 0.1) is 0 Å². The third-order valence-corrected chi connectivity index (χ3v) is 0.814. The first-order valence-corrected chi connectivity index (χ1v) is 2.90. The number of hydrogen-bond donors (Lipinski definition) is 3. The van der Waals surface area contributed by atoms with Crippen LogP contribution < -0.4 is 11.5 Å². The van der Waals surface area contributed by atoms with Gasteiger partial charge >= 0.3 is 11.9 Å². The van der Waals surface area contributed by atoms with Crippen molar-refractivity contribution in [2.75, 3.05) is 0 Å². The number of carbonyl (C=O) groups is 2. The number of rotatable bonds is 2. The minimum absolute atomic E-state index is 0. The van der Waals surface area contributed by atoms with Crippen molar-refractivity contribution in [2.24, 2.45) is 11.5 Å². The monoisotopic (exact) mass is 218 g/mol. The second-order valence-electron chi connectivity index (χ2n) is 1.94. The normalized spacial score (nSPS) is 11.8. The van der Waals surface area contributed by atoms with E-state index in [0.717, 1.165) is 6.92 Å². The Kier molecular flexibility index (Phi) is 7.16. The molecular formula is C5H10FeN2O4. The number of aliphatic hydroxyl groups is 1. The van der Waals surface area contributed by atoms with Crippen LogP contribution in [0, 0.1) is 0 Å². The van der Waals surface area contributed by atoms with Gasteiger partial charge in [-0.25, -0.2) is 9.59 Å². The van der Waals surface area contributed by atoms with Crippen LogP contribution >= 0.6 is 0 Å². The van der Waals surface area contributed by atoms with Gasteiger partial charge < -0.3 is 21.3 Å². The summed E-state index contributed by atoms with van der Waals surface area (Å²) in [4.78, 5) is 20.9. The van der Waals surface area contributed by atoms with E-state index in [4.69, 9.17) is 16.6 Å². The molecule has 0 spiro atoms. The summed E-state index contributed by atoms with van der Waals surface area (Å²) < 4.78 is 4.00. The van der Waals surface area contributed by atoms with Crippen molar-refractivity contribution in [1.82, 2.24) is 0 Å². The van der Waals surface area contributed by atoms with Crippen LogP contribution in [0.15, 0.2) is 0 Å². The molecule has 12 heavy (non-hydrogen) atoms. The van der Waals surface area contributed by atoms with Gasteiger partial charge in [0.1, 0.15) is 6.10 Å². The van der Waals surface area contributed by atoms with Crippen molar-refractivity contribution >= 4 is 11.9 Å². The minimum atomic E-state index is -1.35. The summed E-state index contributed by atoms with van der Waals surface area (Å²) in [7, 11) is 0. The first-order chi connectivity index (χ1) is 4.95. The Labute approximate surface area is 79.7 Å². The topological polar surface area (TPSA) is 116 Å². The predicted octanol–water partition coefficient (Wildman–Crippen LogP) is -2.32. The maximum Gasteiger partial charge on any atom is 0.345 e. The standard InChI is InChI=1S/C5H10N2O4.Fe/c1-2(8)4(9)11-5(10)3(6)7;/h2-3,8H,6-7H2,1H3;. The third-order valence-electron chi connectivity index (χ3n) is 0.814. The zero-order chi connectivity index (χ0) is 9.02. The van der Waals surface area contributed by atoms with E-state index in [2.05, 4.69) is 4.74 Å². The van der Waals surface area contributed by atoms with E-state index in [1.165, 1.54) is 0 Å². The fourth-order valence-electron chi connectivity index (χ4n) is 0.252. The summed E-state index contributed by atoms with van der Waals surface area (Å²) in [6.45, 7) is 1.16. The second kappa shape index (κ2) is 6.10. The van der Waals surface area contributed by atoms with Crippen LogP contribution in [0.4, 0.5) is 0 Å². The summed E-state index contributed by atoms with van der Waals surface area (Å²) in [6.07, 6.45) is -2.70. The van der Waals surface area contributed by atoms with Crippen LogP contribution in [0.3, 0.4) is 0 Å². The average Bonchev–Trinajstić information content (AvgIpc) is 1.87. The van der Waals surface area contributed by atoms with Crippen molar-refractivity contribution in [2.45, 2.75) is 19.2 Å². The van der Waals surface area contributed by atoms with Gasteiger partial charge in [0.25, 0.3) is 0 Å². The van der Waals surface area contributed by atoms with Crippen molar-refractivity contribution in [3.05, 3.63) is 0 Å². The van der Waals surface area contributed by atoms with Crippen molar-refractivity contribution < 1.29 is 36.5 Å². The largest absolute Gasteiger partial charge is 0.389 e. The molecule has 0 aliphatic carbocycles. The van der Waals surface area contributed by atoms with Crippen molar-refractivity contribution in [3.63, 3.8) is 0 Å². The van der Waals surface area contributed by atoms with Gasteiger partial charge in [-0.15, -0.1) is 0 Å². The van der Waals surface area contributed by atoms with E-state index in [-0.39, 0.29) is 17.1 Å². The maximum atomic E-state index is 10.5. The zero-order valence-electron chi connectivity index (χ0n) is 6.33. The van der Waals surface area contributed by atoms with E-state index in [1.807, 2.05) is 0 Å². The Morgan fingerprint density at radius 2 is 1.75 bits per heavy atom. The van der Waals surface area contributed by atoms with Crippen LogP contribution in [0.25, 0.3) is 0 Å². The molecule has 0 radical (unpaired) electrons. The van der Waals surface area contributed by atoms with Crippen LogP contribution in [-0.4, -0.2) is 29.3 Å². The van der Waals surface area contributed by atoms with Gasteiger partial charge in [-0.1, -0.05) is 0 Å². The Hall–Kier alpha value is -0.461. The molecule has 0 saturated carbocycles. The van der Waals surface area contributed by atoms with Gasteiger partial charge in [0, 0.05) is 17.1 Å². The smallest absolute Gasteiger partial charge is 0.345 e. The fourth-order valence-corrected chi connectivity index (χ4v) is 0.252. The molecule has 0 bridgehead atoms. The van der Waals surface area contributed by atoms with Gasteiger partial charge in [-0.2, -0.15) is 0 Å². The Morgan fingerprint density at radius 3 is 2.00 bits per heavy atom. The average molecular weight is 218 g/mol. The van der Waals surface area contributed by atoms with Gasteiger partial charge in [0.2, 0.25) is 0 Å². The SMILES string of the molecule is CC(O)C(=O)OC(=O)C(N)N.[Fe]. The first kappa shape index (κ1) is 14.1. The van der Waals surface area contributed by atoms with Crippen LogP contribution in [0.2, 0.25) is 0 Å². The maximum absolute atomic E-state index is 10.5. The summed E-state index contributed by atoms with van der Waals surface area (Å²) >= 11 is 0. The molecule has 6 nitrogen and oxygen atoms in total. The summed E-state index contributed by atoms with van der Waals surface area (Å²) in [5.41, 5.74) is 9.71. The zero-order valence-corrected chi connectivity index (χ0v) is 7.44. The molecule has 1 atom stereocenters. The molecule has 0 aliphatic heterocycles. The van der Waals surface area contributed by atoms with Crippen LogP contribution in [-0.2, 0) is 31.4 Å². The molecule has 0 rings (SSSR count). The Bertz CT molecular complexity index is 153. The molecule has 72 valence electrons. The first-order valence-electron chi connectivity index (χ1n) is 2.90. The van der Waals surface area contributed by atoms with Crippen LogP contribution in [0.5, 0.6) is 0 Å². The quantitative estimate of drug-likeness (QED) is 0.207. The number of hydrogen-bond acceptors (Lipinski definition) is 6. The predicted molar refractivity (Wildman–Crippen MR) is 34.9 cm³/mol. The number of nitrogens with two attached hydrogens (primary N) is 2. The van der Waals surface area contributed by atoms with E-state index in [9.17, 15) is 9.59 Å². The van der Waals surface area contributed by atoms with Gasteiger partial charge in [0.15, 0.2) is 6.17 Å². The summed E-state index contributed by atoms with van der Waals surface area (Å²) in [5.74, 6) is -2.12. The Balaban J connectivity index is 0. The Morgan fingerprint density at radius 1 is 1.33 bits per heavy atom. The van der Waals surface area contributed by atoms with Crippen LogP contribution in [0.1, 0.15) is 6.92 Å². The summed E-state index contributed by atoms with van der Waals surface area (Å²) in [5, 5.41) is 8.54. The van der Waals surface area contributed by atoms with E-state index < -0.39 is 24.2 Å². The third kappa shape index (κ3) is 5.22. The number of ether oxygens (including phenoxy) is 1. The molecule has 0 fully saturated rings. The number of aliphatic hydroxyl groups excluding tert-OH is 1. The van der Waals surface area contributed by atoms with Crippen molar-refractivity contribution in [3.8, 4) is 0 Å². The fraction of sp³-hybridized carbons (Fsp3) is 0.600. The van der Waals surface area contributed by atoms with Gasteiger partial charge in [-0.05, 0) is 6.92 Å². The number of esters is 2. The molecule has 0 aromatic heterocycles.